The van der Waals surface area contributed by atoms with Gasteiger partial charge in [-0.25, -0.2) is 0 Å². The number of hydrogen-bond donors (Lipinski definition) is 1. The van der Waals surface area contributed by atoms with Crippen LogP contribution >= 0.6 is 11.8 Å². The number of piperidine rings is 1. The highest BCUT2D eigenvalue weighted by atomic mass is 32.2. The van der Waals surface area contributed by atoms with E-state index in [0.717, 1.165) is 50.3 Å². The maximum atomic E-state index is 12.6. The summed E-state index contributed by atoms with van der Waals surface area (Å²) >= 11 is 1.17. The maximum absolute atomic E-state index is 12.6. The Morgan fingerprint density at radius 2 is 1.71 bits per heavy atom. The fourth-order valence-corrected chi connectivity index (χ4v) is 4.85. The average Bonchev–Trinajstić information content (AvgIpc) is 2.85. The highest BCUT2D eigenvalue weighted by molar-refractivity contribution is 8.13. The lowest BCUT2D eigenvalue weighted by molar-refractivity contribution is -0.119. The molecule has 1 aliphatic heterocycles. The number of amides is 2. The molecule has 7 heteroatoms. The van der Waals surface area contributed by atoms with Crippen molar-refractivity contribution in [3.05, 3.63) is 60.2 Å². The predicted octanol–water partition coefficient (Wildman–Crippen LogP) is 4.75. The third-order valence-electron chi connectivity index (χ3n) is 6.12. The van der Waals surface area contributed by atoms with E-state index in [-0.39, 0.29) is 23.0 Å². The van der Waals surface area contributed by atoms with Crippen LogP contribution in [0, 0.1) is 0 Å². The summed E-state index contributed by atoms with van der Waals surface area (Å²) in [5.74, 6) is 0.621. The van der Waals surface area contributed by atoms with E-state index >= 15 is 0 Å². The number of benzene rings is 2. The fraction of sp³-hybridized carbons (Fsp3) is 0.444. The van der Waals surface area contributed by atoms with Gasteiger partial charge in [0.15, 0.2) is 5.12 Å². The molecule has 182 valence electrons. The van der Waals surface area contributed by atoms with Crippen LogP contribution in [0.2, 0.25) is 0 Å². The molecular weight excluding hydrogens is 446 g/mol. The Labute approximate surface area is 207 Å². The summed E-state index contributed by atoms with van der Waals surface area (Å²) in [7, 11) is 0. The quantitative estimate of drug-likeness (QED) is 0.531. The molecule has 1 fully saturated rings. The summed E-state index contributed by atoms with van der Waals surface area (Å²) in [6.07, 6.45) is 3.75. The van der Waals surface area contributed by atoms with Gasteiger partial charge in [-0.2, -0.15) is 0 Å². The SMILES string of the molecule is CCC(=O)N(c1ccccc1)C1CCN(CCc2ccc(NC(=O)CCSC(C)=O)cc2)CC1. The second-order valence-corrected chi connectivity index (χ2v) is 9.88. The minimum atomic E-state index is -0.0736. The number of hydrogen-bond acceptors (Lipinski definition) is 5. The summed E-state index contributed by atoms with van der Waals surface area (Å²) in [5.41, 5.74) is 3.01. The van der Waals surface area contributed by atoms with E-state index in [9.17, 15) is 14.4 Å². The topological polar surface area (TPSA) is 69.7 Å². The van der Waals surface area contributed by atoms with E-state index in [1.54, 1.807) is 0 Å². The molecule has 0 aliphatic carbocycles. The molecule has 0 unspecified atom stereocenters. The fourth-order valence-electron chi connectivity index (χ4n) is 4.27. The Morgan fingerprint density at radius 1 is 1.03 bits per heavy atom. The predicted molar refractivity (Wildman–Crippen MR) is 140 cm³/mol. The van der Waals surface area contributed by atoms with Gasteiger partial charge in [0.1, 0.15) is 0 Å². The molecule has 0 saturated carbocycles. The molecule has 2 aromatic rings. The molecule has 1 saturated heterocycles. The highest BCUT2D eigenvalue weighted by Gasteiger charge is 2.28. The molecule has 3 rings (SSSR count). The first-order chi connectivity index (χ1) is 16.5. The van der Waals surface area contributed by atoms with Crippen molar-refractivity contribution in [3.8, 4) is 0 Å². The molecule has 0 aromatic heterocycles. The van der Waals surface area contributed by atoms with Crippen LogP contribution in [-0.4, -0.2) is 53.3 Å². The summed E-state index contributed by atoms with van der Waals surface area (Å²) in [6.45, 7) is 6.39. The van der Waals surface area contributed by atoms with E-state index < -0.39 is 0 Å². The molecule has 2 aromatic carbocycles. The second-order valence-electron chi connectivity index (χ2n) is 8.61. The molecule has 1 heterocycles. The van der Waals surface area contributed by atoms with E-state index in [1.165, 1.54) is 24.2 Å². The van der Waals surface area contributed by atoms with Crippen molar-refractivity contribution in [3.63, 3.8) is 0 Å². The number of likely N-dealkylation sites (tertiary alicyclic amines) is 1. The van der Waals surface area contributed by atoms with Gasteiger partial charge in [-0.1, -0.05) is 49.0 Å². The number of carbonyl (C=O) groups is 3. The van der Waals surface area contributed by atoms with Crippen LogP contribution in [0.4, 0.5) is 11.4 Å². The van der Waals surface area contributed by atoms with Crippen LogP contribution in [-0.2, 0) is 20.8 Å². The van der Waals surface area contributed by atoms with Crippen molar-refractivity contribution < 1.29 is 14.4 Å². The van der Waals surface area contributed by atoms with E-state index in [0.29, 0.717) is 18.6 Å². The van der Waals surface area contributed by atoms with Crippen LogP contribution in [0.1, 0.15) is 45.1 Å². The third kappa shape index (κ3) is 7.99. The Kier molecular flexibility index (Phi) is 10.2. The first kappa shape index (κ1) is 26.0. The van der Waals surface area contributed by atoms with Crippen molar-refractivity contribution in [2.45, 2.75) is 52.0 Å². The molecular formula is C27H35N3O3S. The maximum Gasteiger partial charge on any atom is 0.226 e. The minimum absolute atomic E-state index is 0.0318. The van der Waals surface area contributed by atoms with Crippen molar-refractivity contribution in [1.82, 2.24) is 4.90 Å². The van der Waals surface area contributed by atoms with Gasteiger partial charge in [-0.05, 0) is 49.1 Å². The molecule has 0 spiro atoms. The van der Waals surface area contributed by atoms with Crippen LogP contribution in [0.3, 0.4) is 0 Å². The average molecular weight is 482 g/mol. The van der Waals surface area contributed by atoms with Crippen molar-refractivity contribution in [2.24, 2.45) is 0 Å². The summed E-state index contributed by atoms with van der Waals surface area (Å²) in [6, 6.07) is 18.3. The van der Waals surface area contributed by atoms with Gasteiger partial charge < -0.3 is 15.1 Å². The number of para-hydroxylation sites is 1. The summed E-state index contributed by atoms with van der Waals surface area (Å²) in [4.78, 5) is 40.0. The Balaban J connectivity index is 1.43. The van der Waals surface area contributed by atoms with Gasteiger partial charge in [0.05, 0.1) is 0 Å². The Hall–Kier alpha value is -2.64. The zero-order chi connectivity index (χ0) is 24.3. The van der Waals surface area contributed by atoms with Gasteiger partial charge in [-0.15, -0.1) is 0 Å². The van der Waals surface area contributed by atoms with Gasteiger partial charge in [0.25, 0.3) is 0 Å². The zero-order valence-corrected chi connectivity index (χ0v) is 21.0. The number of rotatable bonds is 10. The lowest BCUT2D eigenvalue weighted by Gasteiger charge is -2.38. The molecule has 0 bridgehead atoms. The lowest BCUT2D eigenvalue weighted by Crippen LogP contribution is -2.47. The summed E-state index contributed by atoms with van der Waals surface area (Å²) < 4.78 is 0. The molecule has 6 nitrogen and oxygen atoms in total. The van der Waals surface area contributed by atoms with Gasteiger partial charge >= 0.3 is 0 Å². The third-order valence-corrected chi connectivity index (χ3v) is 6.93. The number of nitrogens with zero attached hydrogens (tertiary/aromatic N) is 2. The molecule has 2 amide bonds. The largest absolute Gasteiger partial charge is 0.326 e. The van der Waals surface area contributed by atoms with Gasteiger partial charge in [0, 0.05) is 62.6 Å². The highest BCUT2D eigenvalue weighted by Crippen LogP contribution is 2.25. The van der Waals surface area contributed by atoms with Crippen molar-refractivity contribution in [1.29, 1.82) is 0 Å². The number of carbonyl (C=O) groups excluding carboxylic acids is 3. The molecule has 0 atom stereocenters. The van der Waals surface area contributed by atoms with Gasteiger partial charge in [0.2, 0.25) is 11.8 Å². The number of anilines is 2. The van der Waals surface area contributed by atoms with Crippen molar-refractivity contribution >= 4 is 40.1 Å². The van der Waals surface area contributed by atoms with Crippen LogP contribution < -0.4 is 10.2 Å². The zero-order valence-electron chi connectivity index (χ0n) is 20.2. The van der Waals surface area contributed by atoms with E-state index in [4.69, 9.17) is 0 Å². The lowest BCUT2D eigenvalue weighted by atomic mass is 10.0. The smallest absolute Gasteiger partial charge is 0.226 e. The molecule has 0 radical (unpaired) electrons. The first-order valence-electron chi connectivity index (χ1n) is 12.1. The van der Waals surface area contributed by atoms with E-state index in [1.807, 2.05) is 54.3 Å². The first-order valence-corrected chi connectivity index (χ1v) is 13.1. The second kappa shape index (κ2) is 13.3. The van der Waals surface area contributed by atoms with Crippen LogP contribution in [0.25, 0.3) is 0 Å². The minimum Gasteiger partial charge on any atom is -0.326 e. The van der Waals surface area contributed by atoms with Gasteiger partial charge in [-0.3, -0.25) is 14.4 Å². The number of thioether (sulfide) groups is 1. The summed E-state index contributed by atoms with van der Waals surface area (Å²) in [5, 5.41) is 2.92. The van der Waals surface area contributed by atoms with Crippen LogP contribution in [0.15, 0.2) is 54.6 Å². The van der Waals surface area contributed by atoms with E-state index in [2.05, 4.69) is 22.3 Å². The molecule has 1 N–H and O–H groups in total. The Morgan fingerprint density at radius 3 is 2.32 bits per heavy atom. The normalized spacial score (nSPS) is 14.5. The standard InChI is InChI=1S/C27H35N3O3S/c1-3-27(33)30(24-7-5-4-6-8-24)25-14-18-29(19-15-25)17-13-22-9-11-23(12-10-22)28-26(32)16-20-34-21(2)31/h4-12,25H,3,13-20H2,1-2H3,(H,28,32). The Bertz CT molecular complexity index is 941. The van der Waals surface area contributed by atoms with Crippen LogP contribution in [0.5, 0.6) is 0 Å². The molecule has 1 aliphatic rings. The monoisotopic (exact) mass is 481 g/mol. The number of nitrogens with one attached hydrogen (secondary N) is 1. The van der Waals surface area contributed by atoms with Crippen molar-refractivity contribution in [2.75, 3.05) is 35.6 Å². The molecule has 34 heavy (non-hydrogen) atoms.